The standard InChI is InChI=1S/C15H21NO2/c1-10-12(11-8-6-5-7-9-11)15(10,16)13(17)18-14(2,3)4/h5-10,12H,16H2,1-4H3/t10?,12-,15-/m0/s1. The summed E-state index contributed by atoms with van der Waals surface area (Å²) in [7, 11) is 0. The molecule has 1 aliphatic carbocycles. The van der Waals surface area contributed by atoms with Crippen molar-refractivity contribution in [2.75, 3.05) is 0 Å². The molecule has 3 nitrogen and oxygen atoms in total. The van der Waals surface area contributed by atoms with Crippen molar-refractivity contribution in [3.8, 4) is 0 Å². The van der Waals surface area contributed by atoms with Crippen LogP contribution in [0.3, 0.4) is 0 Å². The predicted molar refractivity (Wildman–Crippen MR) is 71.1 cm³/mol. The molecule has 0 spiro atoms. The van der Waals surface area contributed by atoms with Crippen molar-refractivity contribution in [2.24, 2.45) is 11.7 Å². The Balaban J connectivity index is 2.17. The molecule has 18 heavy (non-hydrogen) atoms. The normalized spacial score (nSPS) is 30.9. The van der Waals surface area contributed by atoms with Gasteiger partial charge >= 0.3 is 5.97 Å². The van der Waals surface area contributed by atoms with Crippen molar-refractivity contribution < 1.29 is 9.53 Å². The smallest absolute Gasteiger partial charge is 0.327 e. The first-order valence-corrected chi connectivity index (χ1v) is 6.34. The van der Waals surface area contributed by atoms with Gasteiger partial charge in [-0.2, -0.15) is 0 Å². The molecule has 1 fully saturated rings. The highest BCUT2D eigenvalue weighted by atomic mass is 16.6. The van der Waals surface area contributed by atoms with Crippen LogP contribution >= 0.6 is 0 Å². The summed E-state index contributed by atoms with van der Waals surface area (Å²) in [6.45, 7) is 7.58. The third-order valence-corrected chi connectivity index (χ3v) is 3.57. The number of benzene rings is 1. The molecule has 0 radical (unpaired) electrons. The molecular weight excluding hydrogens is 226 g/mol. The summed E-state index contributed by atoms with van der Waals surface area (Å²) in [4.78, 5) is 12.2. The van der Waals surface area contributed by atoms with Gasteiger partial charge in [0.05, 0.1) is 0 Å². The molecule has 1 aliphatic rings. The Morgan fingerprint density at radius 3 is 2.33 bits per heavy atom. The zero-order valence-corrected chi connectivity index (χ0v) is 11.4. The zero-order chi connectivity index (χ0) is 13.6. The van der Waals surface area contributed by atoms with Crippen LogP contribution in [0.5, 0.6) is 0 Å². The Bertz CT molecular complexity index is 449. The highest BCUT2D eigenvalue weighted by Crippen LogP contribution is 2.56. The van der Waals surface area contributed by atoms with Gasteiger partial charge in [0.15, 0.2) is 0 Å². The van der Waals surface area contributed by atoms with Gasteiger partial charge < -0.3 is 10.5 Å². The molecule has 1 saturated carbocycles. The van der Waals surface area contributed by atoms with Gasteiger partial charge in [0.25, 0.3) is 0 Å². The molecule has 0 amide bonds. The van der Waals surface area contributed by atoms with Crippen molar-refractivity contribution >= 4 is 5.97 Å². The van der Waals surface area contributed by atoms with Gasteiger partial charge in [-0.05, 0) is 32.3 Å². The minimum Gasteiger partial charge on any atom is -0.459 e. The van der Waals surface area contributed by atoms with Crippen molar-refractivity contribution in [2.45, 2.75) is 44.8 Å². The van der Waals surface area contributed by atoms with Crippen LogP contribution in [0.25, 0.3) is 0 Å². The maximum absolute atomic E-state index is 12.2. The van der Waals surface area contributed by atoms with Crippen LogP contribution in [-0.2, 0) is 9.53 Å². The maximum atomic E-state index is 12.2. The summed E-state index contributed by atoms with van der Waals surface area (Å²) in [6, 6.07) is 9.92. The van der Waals surface area contributed by atoms with Gasteiger partial charge in [-0.1, -0.05) is 37.3 Å². The van der Waals surface area contributed by atoms with E-state index in [4.69, 9.17) is 10.5 Å². The minimum absolute atomic E-state index is 0.0635. The lowest BCUT2D eigenvalue weighted by molar-refractivity contribution is -0.158. The lowest BCUT2D eigenvalue weighted by Crippen LogP contribution is -2.42. The van der Waals surface area contributed by atoms with Gasteiger partial charge in [0, 0.05) is 5.92 Å². The topological polar surface area (TPSA) is 52.3 Å². The second-order valence-corrected chi connectivity index (χ2v) is 6.11. The molecule has 0 aromatic heterocycles. The molecule has 1 unspecified atom stereocenters. The number of hydrogen-bond donors (Lipinski definition) is 1. The highest BCUT2D eigenvalue weighted by molar-refractivity contribution is 5.88. The van der Waals surface area contributed by atoms with E-state index in [0.717, 1.165) is 5.56 Å². The fraction of sp³-hybridized carbons (Fsp3) is 0.533. The molecule has 2 rings (SSSR count). The van der Waals surface area contributed by atoms with E-state index in [2.05, 4.69) is 0 Å². The van der Waals surface area contributed by atoms with Crippen molar-refractivity contribution in [1.82, 2.24) is 0 Å². The Morgan fingerprint density at radius 2 is 1.83 bits per heavy atom. The fourth-order valence-corrected chi connectivity index (χ4v) is 2.49. The molecule has 3 heteroatoms. The first-order chi connectivity index (χ1) is 8.27. The molecule has 0 aliphatic heterocycles. The van der Waals surface area contributed by atoms with Crippen LogP contribution in [0.2, 0.25) is 0 Å². The number of rotatable bonds is 2. The highest BCUT2D eigenvalue weighted by Gasteiger charge is 2.66. The summed E-state index contributed by atoms with van der Waals surface area (Å²) in [5, 5.41) is 0. The minimum atomic E-state index is -0.866. The predicted octanol–water partition coefficient (Wildman–Crippen LogP) is 2.46. The molecule has 2 N–H and O–H groups in total. The average Bonchev–Trinajstić information content (AvgIpc) is 2.82. The number of nitrogens with two attached hydrogens (primary N) is 1. The Hall–Kier alpha value is -1.35. The first-order valence-electron chi connectivity index (χ1n) is 6.34. The molecule has 1 aromatic rings. The van der Waals surface area contributed by atoms with Crippen molar-refractivity contribution in [3.63, 3.8) is 0 Å². The van der Waals surface area contributed by atoms with Crippen LogP contribution < -0.4 is 5.73 Å². The van der Waals surface area contributed by atoms with Gasteiger partial charge in [0.2, 0.25) is 0 Å². The summed E-state index contributed by atoms with van der Waals surface area (Å²) in [5.41, 5.74) is 5.99. The van der Waals surface area contributed by atoms with E-state index in [1.54, 1.807) is 0 Å². The molecule has 1 aromatic carbocycles. The van der Waals surface area contributed by atoms with E-state index in [-0.39, 0.29) is 17.8 Å². The SMILES string of the molecule is CC1[C@@H](c2ccccc2)[C@]1(N)C(=O)OC(C)(C)C. The van der Waals surface area contributed by atoms with Crippen molar-refractivity contribution in [3.05, 3.63) is 35.9 Å². The van der Waals surface area contributed by atoms with Gasteiger partial charge in [-0.25, -0.2) is 0 Å². The second kappa shape index (κ2) is 4.09. The van der Waals surface area contributed by atoms with Gasteiger partial charge in [-0.3, -0.25) is 4.79 Å². The molecular formula is C15H21NO2. The number of esters is 1. The van der Waals surface area contributed by atoms with Crippen LogP contribution in [0.1, 0.15) is 39.2 Å². The van der Waals surface area contributed by atoms with E-state index >= 15 is 0 Å². The summed E-state index contributed by atoms with van der Waals surface area (Å²) in [5.74, 6) is -0.111. The van der Waals surface area contributed by atoms with Crippen molar-refractivity contribution in [1.29, 1.82) is 0 Å². The molecule has 0 bridgehead atoms. The lowest BCUT2D eigenvalue weighted by atomic mass is 10.1. The van der Waals surface area contributed by atoms with E-state index in [1.165, 1.54) is 0 Å². The number of carbonyl (C=O) groups excluding carboxylic acids is 1. The number of ether oxygens (including phenoxy) is 1. The van der Waals surface area contributed by atoms with E-state index in [0.29, 0.717) is 0 Å². The molecule has 0 heterocycles. The Labute approximate surface area is 108 Å². The Morgan fingerprint density at radius 1 is 1.28 bits per heavy atom. The molecule has 0 saturated heterocycles. The molecule has 3 atom stereocenters. The van der Waals surface area contributed by atoms with Crippen LogP contribution in [0.15, 0.2) is 30.3 Å². The first kappa shape index (κ1) is 13.1. The largest absolute Gasteiger partial charge is 0.459 e. The van der Waals surface area contributed by atoms with Crippen LogP contribution in [-0.4, -0.2) is 17.1 Å². The number of hydrogen-bond acceptors (Lipinski definition) is 3. The maximum Gasteiger partial charge on any atom is 0.327 e. The van der Waals surface area contributed by atoms with E-state index < -0.39 is 11.1 Å². The van der Waals surface area contributed by atoms with Crippen LogP contribution in [0, 0.1) is 5.92 Å². The Kier molecular flexibility index (Phi) is 2.98. The summed E-state index contributed by atoms with van der Waals surface area (Å²) < 4.78 is 5.42. The monoisotopic (exact) mass is 247 g/mol. The van der Waals surface area contributed by atoms with Gasteiger partial charge in [0.1, 0.15) is 11.1 Å². The van der Waals surface area contributed by atoms with E-state index in [1.807, 2.05) is 58.0 Å². The summed E-state index contributed by atoms with van der Waals surface area (Å²) >= 11 is 0. The quantitative estimate of drug-likeness (QED) is 0.817. The summed E-state index contributed by atoms with van der Waals surface area (Å²) in [6.07, 6.45) is 0. The second-order valence-electron chi connectivity index (χ2n) is 6.11. The van der Waals surface area contributed by atoms with Crippen LogP contribution in [0.4, 0.5) is 0 Å². The number of carbonyl (C=O) groups is 1. The van der Waals surface area contributed by atoms with Gasteiger partial charge in [-0.15, -0.1) is 0 Å². The lowest BCUT2D eigenvalue weighted by Gasteiger charge is -2.22. The molecule has 98 valence electrons. The third kappa shape index (κ3) is 2.15. The fourth-order valence-electron chi connectivity index (χ4n) is 2.49. The average molecular weight is 247 g/mol. The van der Waals surface area contributed by atoms with E-state index in [9.17, 15) is 4.79 Å². The zero-order valence-electron chi connectivity index (χ0n) is 11.4. The third-order valence-electron chi connectivity index (χ3n) is 3.57.